The number of H-pyrrole nitrogens is 1. The van der Waals surface area contributed by atoms with Gasteiger partial charge in [-0.3, -0.25) is 14.6 Å². The lowest BCUT2D eigenvalue weighted by Gasteiger charge is -2.18. The monoisotopic (exact) mass is 204 g/mol. The van der Waals surface area contributed by atoms with Gasteiger partial charge in [0.15, 0.2) is 0 Å². The average molecular weight is 204 g/mol. The Hall–Kier alpha value is -1.51. The zero-order valence-electron chi connectivity index (χ0n) is 9.59. The summed E-state index contributed by atoms with van der Waals surface area (Å²) in [5.41, 5.74) is 2.20. The van der Waals surface area contributed by atoms with Gasteiger partial charge in [0.05, 0.1) is 10.9 Å². The molecule has 0 amide bonds. The maximum absolute atomic E-state index is 11.7. The molecule has 15 heavy (non-hydrogen) atoms. The highest BCUT2D eigenvalue weighted by atomic mass is 16.1. The number of aromatic amines is 1. The maximum Gasteiger partial charge on any atom is 0.274 e. The number of fused-ring (bicyclic) bond motifs is 1. The number of aromatic nitrogens is 2. The number of hydrogen-bond donors (Lipinski definition) is 1. The van der Waals surface area contributed by atoms with E-state index in [4.69, 9.17) is 0 Å². The van der Waals surface area contributed by atoms with E-state index in [1.807, 2.05) is 12.1 Å². The SMILES string of the molecule is Cn1[nH]c2ccc(C(C)(C)C)cc2c1=O. The fraction of sp³-hybridized carbons (Fsp3) is 0.417. The minimum absolute atomic E-state index is 0.0381. The second kappa shape index (κ2) is 2.99. The van der Waals surface area contributed by atoms with Gasteiger partial charge in [-0.25, -0.2) is 0 Å². The van der Waals surface area contributed by atoms with Crippen LogP contribution in [-0.4, -0.2) is 9.78 Å². The van der Waals surface area contributed by atoms with E-state index >= 15 is 0 Å². The molecule has 1 N–H and O–H groups in total. The first kappa shape index (κ1) is 10.0. The highest BCUT2D eigenvalue weighted by Gasteiger charge is 2.15. The Balaban J connectivity index is 2.76. The molecular weight excluding hydrogens is 188 g/mol. The second-order valence-electron chi connectivity index (χ2n) is 4.99. The molecule has 0 aliphatic carbocycles. The summed E-state index contributed by atoms with van der Waals surface area (Å²) >= 11 is 0. The number of nitrogens with one attached hydrogen (secondary N) is 1. The van der Waals surface area contributed by atoms with Gasteiger partial charge in [-0.05, 0) is 23.1 Å². The van der Waals surface area contributed by atoms with Crippen molar-refractivity contribution < 1.29 is 0 Å². The zero-order valence-corrected chi connectivity index (χ0v) is 9.59. The third kappa shape index (κ3) is 1.58. The Bertz CT molecular complexity index is 555. The first-order chi connectivity index (χ1) is 6.89. The molecule has 0 atom stereocenters. The van der Waals surface area contributed by atoms with Crippen LogP contribution >= 0.6 is 0 Å². The molecule has 0 spiro atoms. The highest BCUT2D eigenvalue weighted by Crippen LogP contribution is 2.24. The van der Waals surface area contributed by atoms with Crippen molar-refractivity contribution in [1.29, 1.82) is 0 Å². The molecule has 1 aromatic heterocycles. The van der Waals surface area contributed by atoms with Crippen LogP contribution in [0, 0.1) is 0 Å². The number of rotatable bonds is 0. The molecule has 0 fully saturated rings. The molecule has 1 heterocycles. The topological polar surface area (TPSA) is 37.8 Å². The molecule has 2 aromatic rings. The van der Waals surface area contributed by atoms with E-state index < -0.39 is 0 Å². The van der Waals surface area contributed by atoms with Crippen LogP contribution in [-0.2, 0) is 12.5 Å². The molecule has 0 aliphatic rings. The van der Waals surface area contributed by atoms with Gasteiger partial charge in [0.1, 0.15) is 0 Å². The standard InChI is InChI=1S/C12H16N2O/c1-12(2,3)8-5-6-10-9(7-8)11(15)14(4)13-10/h5-7,13H,1-4H3. The van der Waals surface area contributed by atoms with Gasteiger partial charge in [0, 0.05) is 7.05 Å². The van der Waals surface area contributed by atoms with Crippen LogP contribution in [0.5, 0.6) is 0 Å². The Morgan fingerprint density at radius 3 is 2.53 bits per heavy atom. The lowest BCUT2D eigenvalue weighted by atomic mass is 9.86. The quantitative estimate of drug-likeness (QED) is 0.701. The maximum atomic E-state index is 11.7. The normalized spacial score (nSPS) is 12.3. The largest absolute Gasteiger partial charge is 0.295 e. The van der Waals surface area contributed by atoms with Crippen LogP contribution in [0.3, 0.4) is 0 Å². The van der Waals surface area contributed by atoms with E-state index in [-0.39, 0.29) is 11.0 Å². The van der Waals surface area contributed by atoms with Crippen LogP contribution < -0.4 is 5.56 Å². The van der Waals surface area contributed by atoms with Crippen LogP contribution in [0.1, 0.15) is 26.3 Å². The van der Waals surface area contributed by atoms with Gasteiger partial charge >= 0.3 is 0 Å². The molecule has 0 saturated carbocycles. The molecule has 1 aromatic carbocycles. The first-order valence-corrected chi connectivity index (χ1v) is 5.09. The summed E-state index contributed by atoms with van der Waals surface area (Å²) < 4.78 is 1.51. The van der Waals surface area contributed by atoms with E-state index in [9.17, 15) is 4.79 Å². The van der Waals surface area contributed by atoms with Gasteiger partial charge in [0.2, 0.25) is 0 Å². The Labute approximate surface area is 88.7 Å². The van der Waals surface area contributed by atoms with Crippen LogP contribution in [0.15, 0.2) is 23.0 Å². The van der Waals surface area contributed by atoms with Gasteiger partial charge in [0.25, 0.3) is 5.56 Å². The summed E-state index contributed by atoms with van der Waals surface area (Å²) in [6.45, 7) is 6.43. The van der Waals surface area contributed by atoms with Crippen LogP contribution in [0.4, 0.5) is 0 Å². The van der Waals surface area contributed by atoms with Gasteiger partial charge in [-0.1, -0.05) is 26.8 Å². The number of hydrogen-bond acceptors (Lipinski definition) is 1. The Morgan fingerprint density at radius 2 is 1.93 bits per heavy atom. The van der Waals surface area contributed by atoms with E-state index in [0.717, 1.165) is 10.9 Å². The first-order valence-electron chi connectivity index (χ1n) is 5.09. The van der Waals surface area contributed by atoms with E-state index in [2.05, 4.69) is 31.9 Å². The predicted octanol–water partition coefficient (Wildman–Crippen LogP) is 2.16. The summed E-state index contributed by atoms with van der Waals surface area (Å²) in [6, 6.07) is 6.02. The lowest BCUT2D eigenvalue weighted by molar-refractivity contribution is 0.591. The summed E-state index contributed by atoms with van der Waals surface area (Å²) in [5.74, 6) is 0. The van der Waals surface area contributed by atoms with Crippen molar-refractivity contribution >= 4 is 10.9 Å². The fourth-order valence-corrected chi connectivity index (χ4v) is 1.70. The third-order valence-electron chi connectivity index (χ3n) is 2.71. The number of benzene rings is 1. The minimum Gasteiger partial charge on any atom is -0.295 e. The van der Waals surface area contributed by atoms with Gasteiger partial charge < -0.3 is 0 Å². The van der Waals surface area contributed by atoms with E-state index in [1.165, 1.54) is 10.2 Å². The molecule has 80 valence electrons. The molecule has 0 bridgehead atoms. The summed E-state index contributed by atoms with van der Waals surface area (Å²) in [6.07, 6.45) is 0. The molecule has 0 unspecified atom stereocenters. The van der Waals surface area contributed by atoms with Crippen LogP contribution in [0.2, 0.25) is 0 Å². The minimum atomic E-state index is 0.0381. The van der Waals surface area contributed by atoms with Crippen molar-refractivity contribution in [2.45, 2.75) is 26.2 Å². The average Bonchev–Trinajstić information content (AvgIpc) is 2.41. The molecule has 0 radical (unpaired) electrons. The molecular formula is C12H16N2O. The smallest absolute Gasteiger partial charge is 0.274 e. The van der Waals surface area contributed by atoms with Crippen molar-refractivity contribution in [3.8, 4) is 0 Å². The van der Waals surface area contributed by atoms with Crippen molar-refractivity contribution in [2.24, 2.45) is 7.05 Å². The van der Waals surface area contributed by atoms with E-state index in [0.29, 0.717) is 0 Å². The molecule has 3 heteroatoms. The predicted molar refractivity (Wildman–Crippen MR) is 62.2 cm³/mol. The summed E-state index contributed by atoms with van der Waals surface area (Å²) in [7, 11) is 1.74. The van der Waals surface area contributed by atoms with Crippen molar-refractivity contribution in [1.82, 2.24) is 9.78 Å². The van der Waals surface area contributed by atoms with Crippen molar-refractivity contribution in [3.63, 3.8) is 0 Å². The summed E-state index contributed by atoms with van der Waals surface area (Å²) in [5, 5.41) is 3.78. The van der Waals surface area contributed by atoms with Gasteiger partial charge in [-0.15, -0.1) is 0 Å². The van der Waals surface area contributed by atoms with E-state index in [1.54, 1.807) is 7.05 Å². The molecule has 3 nitrogen and oxygen atoms in total. The third-order valence-corrected chi connectivity index (χ3v) is 2.71. The summed E-state index contributed by atoms with van der Waals surface area (Å²) in [4.78, 5) is 11.7. The zero-order chi connectivity index (χ0) is 11.2. The Morgan fingerprint density at radius 1 is 1.27 bits per heavy atom. The van der Waals surface area contributed by atoms with Crippen molar-refractivity contribution in [3.05, 3.63) is 34.1 Å². The highest BCUT2D eigenvalue weighted by molar-refractivity contribution is 5.78. The molecule has 0 saturated heterocycles. The molecule has 2 rings (SSSR count). The van der Waals surface area contributed by atoms with Crippen LogP contribution in [0.25, 0.3) is 10.9 Å². The van der Waals surface area contributed by atoms with Crippen molar-refractivity contribution in [2.75, 3.05) is 0 Å². The lowest BCUT2D eigenvalue weighted by Crippen LogP contribution is -2.13. The molecule has 0 aliphatic heterocycles. The fourth-order valence-electron chi connectivity index (χ4n) is 1.70. The van der Waals surface area contributed by atoms with Gasteiger partial charge in [-0.2, -0.15) is 0 Å². The second-order valence-corrected chi connectivity index (χ2v) is 4.99. The Kier molecular flexibility index (Phi) is 2.00. The number of aryl methyl sites for hydroxylation is 1. The number of nitrogens with zero attached hydrogens (tertiary/aromatic N) is 1.